The Bertz CT molecular complexity index is 1060. The molecule has 2 aromatic rings. The first-order chi connectivity index (χ1) is 16.0. The Kier molecular flexibility index (Phi) is 5.42. The summed E-state index contributed by atoms with van der Waals surface area (Å²) in [5, 5.41) is 14.0. The van der Waals surface area contributed by atoms with E-state index in [1.165, 1.54) is 0 Å². The van der Waals surface area contributed by atoms with E-state index < -0.39 is 10.8 Å². The number of hydrogen-bond acceptors (Lipinski definition) is 9. The van der Waals surface area contributed by atoms with E-state index in [1.54, 1.807) is 12.4 Å². The molecule has 0 radical (unpaired) electrons. The quantitative estimate of drug-likeness (QED) is 0.650. The van der Waals surface area contributed by atoms with Gasteiger partial charge in [-0.25, -0.2) is 15.0 Å². The van der Waals surface area contributed by atoms with Gasteiger partial charge < -0.3 is 20.2 Å². The molecule has 11 heteroatoms. The Labute approximate surface area is 200 Å². The number of nitrogens with one attached hydrogen (secondary N) is 1. The molecule has 2 N–H and O–H groups in total. The molecule has 5 heterocycles. The maximum Gasteiger partial charge on any atom is 0.227 e. The number of nitrogens with zero attached hydrogens (tertiary/aromatic N) is 6. The lowest BCUT2D eigenvalue weighted by molar-refractivity contribution is 0.143. The molecule has 0 bridgehead atoms. The van der Waals surface area contributed by atoms with Crippen LogP contribution in [0.1, 0.15) is 31.4 Å². The molecule has 2 saturated heterocycles. The second-order valence-electron chi connectivity index (χ2n) is 9.75. The maximum absolute atomic E-state index is 12.9. The second kappa shape index (κ2) is 8.32. The summed E-state index contributed by atoms with van der Waals surface area (Å²) >= 11 is 5.93. The number of aryl methyl sites for hydroxylation is 1. The fraction of sp³-hybridized carbons (Fsp3) is 0.636. The summed E-state index contributed by atoms with van der Waals surface area (Å²) in [6.07, 6.45) is 7.87. The third-order valence-electron chi connectivity index (χ3n) is 7.55. The van der Waals surface area contributed by atoms with Crippen LogP contribution in [0.5, 0.6) is 0 Å². The van der Waals surface area contributed by atoms with Gasteiger partial charge in [-0.3, -0.25) is 4.21 Å². The van der Waals surface area contributed by atoms with Crippen LogP contribution in [-0.4, -0.2) is 73.3 Å². The van der Waals surface area contributed by atoms with Crippen LogP contribution in [0.4, 0.5) is 17.7 Å². The zero-order chi connectivity index (χ0) is 22.6. The molecule has 0 amide bonds. The van der Waals surface area contributed by atoms with Gasteiger partial charge in [0.05, 0.1) is 46.1 Å². The van der Waals surface area contributed by atoms with Crippen molar-refractivity contribution in [3.05, 3.63) is 23.1 Å². The zero-order valence-electron chi connectivity index (χ0n) is 18.4. The summed E-state index contributed by atoms with van der Waals surface area (Å²) in [6.45, 7) is 3.61. The number of aliphatic hydroxyl groups excluding tert-OH is 1. The number of fused-ring (bicyclic) bond motifs is 2. The van der Waals surface area contributed by atoms with Crippen LogP contribution in [0.2, 0.25) is 5.02 Å². The third-order valence-corrected chi connectivity index (χ3v) is 9.29. The van der Waals surface area contributed by atoms with E-state index in [9.17, 15) is 9.32 Å². The van der Waals surface area contributed by atoms with Crippen molar-refractivity contribution in [3.63, 3.8) is 0 Å². The largest absolute Gasteiger partial charge is 0.394 e. The maximum atomic E-state index is 12.9. The molecular formula is C22H28ClN7O2S. The summed E-state index contributed by atoms with van der Waals surface area (Å²) in [6, 6.07) is 0. The minimum Gasteiger partial charge on any atom is -0.394 e. The lowest BCUT2D eigenvalue weighted by Gasteiger charge is -2.42. The third kappa shape index (κ3) is 3.85. The van der Waals surface area contributed by atoms with Crippen molar-refractivity contribution < 1.29 is 9.32 Å². The summed E-state index contributed by atoms with van der Waals surface area (Å²) in [5.74, 6) is 3.73. The molecular weight excluding hydrogens is 462 g/mol. The molecule has 3 atom stereocenters. The van der Waals surface area contributed by atoms with Crippen molar-refractivity contribution in [2.24, 2.45) is 11.8 Å². The summed E-state index contributed by atoms with van der Waals surface area (Å²) in [5.41, 5.74) is 0.550. The first-order valence-corrected chi connectivity index (χ1v) is 13.4. The van der Waals surface area contributed by atoms with E-state index in [1.807, 2.05) is 0 Å². The summed E-state index contributed by atoms with van der Waals surface area (Å²) < 4.78 is 12.9. The zero-order valence-corrected chi connectivity index (χ0v) is 20.0. The Morgan fingerprint density at radius 2 is 1.73 bits per heavy atom. The highest BCUT2D eigenvalue weighted by Gasteiger charge is 2.43. The monoisotopic (exact) mass is 489 g/mol. The molecule has 4 aliphatic rings. The minimum absolute atomic E-state index is 0.0597. The van der Waals surface area contributed by atoms with Crippen LogP contribution >= 0.6 is 11.6 Å². The van der Waals surface area contributed by atoms with Gasteiger partial charge in [0.2, 0.25) is 11.9 Å². The minimum atomic E-state index is -1.10. The highest BCUT2D eigenvalue weighted by Crippen LogP contribution is 2.39. The molecule has 0 aromatic carbocycles. The van der Waals surface area contributed by atoms with Crippen molar-refractivity contribution in [2.75, 3.05) is 53.7 Å². The first-order valence-electron chi connectivity index (χ1n) is 11.7. The van der Waals surface area contributed by atoms with E-state index in [0.717, 1.165) is 74.8 Å². The van der Waals surface area contributed by atoms with Gasteiger partial charge in [-0.15, -0.1) is 0 Å². The van der Waals surface area contributed by atoms with Crippen LogP contribution in [-0.2, 0) is 17.2 Å². The van der Waals surface area contributed by atoms with Gasteiger partial charge in [0.1, 0.15) is 10.7 Å². The Morgan fingerprint density at radius 3 is 2.33 bits per heavy atom. The molecule has 3 fully saturated rings. The van der Waals surface area contributed by atoms with E-state index in [-0.39, 0.29) is 12.1 Å². The normalized spacial score (nSPS) is 27.8. The van der Waals surface area contributed by atoms with Gasteiger partial charge in [0.15, 0.2) is 0 Å². The molecule has 6 rings (SSSR count). The van der Waals surface area contributed by atoms with Gasteiger partial charge in [0, 0.05) is 43.8 Å². The molecule has 3 aliphatic heterocycles. The molecule has 1 aliphatic carbocycles. The van der Waals surface area contributed by atoms with Gasteiger partial charge in [-0.2, -0.15) is 4.98 Å². The lowest BCUT2D eigenvalue weighted by atomic mass is 9.77. The standard InChI is InChI=1S/C22H28ClN7O2S/c23-16-7-24-20(25-8-16)29-9-14-11-30(12-15(14)10-29)21-26-17-3-1-6-33(32)18(17)19(27-21)28-22(13-31)4-2-5-22/h7-8,14-15,31H,1-6,9-13H2,(H,26,27,28)/t14-,15+,33-/m0/s1. The number of rotatable bonds is 5. The van der Waals surface area contributed by atoms with Crippen LogP contribution in [0.3, 0.4) is 0 Å². The number of anilines is 3. The molecule has 0 spiro atoms. The summed E-state index contributed by atoms with van der Waals surface area (Å²) in [7, 11) is -1.10. The van der Waals surface area contributed by atoms with Crippen LogP contribution in [0, 0.1) is 11.8 Å². The number of aliphatic hydroxyl groups is 1. The number of aromatic nitrogens is 4. The average molecular weight is 490 g/mol. The van der Waals surface area contributed by atoms with Gasteiger partial charge >= 0.3 is 0 Å². The average Bonchev–Trinajstić information content (AvgIpc) is 3.36. The first kappa shape index (κ1) is 21.5. The Morgan fingerprint density at radius 1 is 1.06 bits per heavy atom. The van der Waals surface area contributed by atoms with E-state index in [2.05, 4.69) is 25.1 Å². The Balaban J connectivity index is 1.24. The summed E-state index contributed by atoms with van der Waals surface area (Å²) in [4.78, 5) is 23.8. The van der Waals surface area contributed by atoms with Crippen molar-refractivity contribution in [1.29, 1.82) is 0 Å². The number of hydrogen-bond donors (Lipinski definition) is 2. The molecule has 33 heavy (non-hydrogen) atoms. The van der Waals surface area contributed by atoms with Gasteiger partial charge in [-0.1, -0.05) is 11.6 Å². The van der Waals surface area contributed by atoms with Crippen LogP contribution < -0.4 is 15.1 Å². The molecule has 176 valence electrons. The SMILES string of the molecule is O=[S@]1CCCc2nc(N3C[C@H]4CN(c5ncc(Cl)cn5)C[C@H]4C3)nc(NC3(CO)CCC3)c21. The fourth-order valence-corrected chi connectivity index (χ4v) is 6.99. The Hall–Kier alpha value is -2.04. The van der Waals surface area contributed by atoms with Crippen molar-refractivity contribution >= 4 is 40.1 Å². The van der Waals surface area contributed by atoms with E-state index in [4.69, 9.17) is 21.6 Å². The molecule has 0 unspecified atom stereocenters. The topological polar surface area (TPSA) is 107 Å². The smallest absolute Gasteiger partial charge is 0.227 e. The van der Waals surface area contributed by atoms with E-state index in [0.29, 0.717) is 34.4 Å². The molecule has 1 saturated carbocycles. The predicted molar refractivity (Wildman–Crippen MR) is 127 cm³/mol. The number of halogens is 1. The highest BCUT2D eigenvalue weighted by atomic mass is 35.5. The predicted octanol–water partition coefficient (Wildman–Crippen LogP) is 1.87. The van der Waals surface area contributed by atoms with Gasteiger partial charge in [-0.05, 0) is 32.1 Å². The van der Waals surface area contributed by atoms with Crippen molar-refractivity contribution in [2.45, 2.75) is 42.5 Å². The fourth-order valence-electron chi connectivity index (χ4n) is 5.56. The van der Waals surface area contributed by atoms with Crippen molar-refractivity contribution in [3.8, 4) is 0 Å². The van der Waals surface area contributed by atoms with Crippen LogP contribution in [0.15, 0.2) is 17.3 Å². The molecule has 2 aromatic heterocycles. The van der Waals surface area contributed by atoms with E-state index >= 15 is 0 Å². The molecule has 9 nitrogen and oxygen atoms in total. The highest BCUT2D eigenvalue weighted by molar-refractivity contribution is 7.85. The van der Waals surface area contributed by atoms with Crippen LogP contribution in [0.25, 0.3) is 0 Å². The van der Waals surface area contributed by atoms with Gasteiger partial charge in [0.25, 0.3) is 0 Å². The van der Waals surface area contributed by atoms with Crippen molar-refractivity contribution in [1.82, 2.24) is 19.9 Å². The lowest BCUT2D eigenvalue weighted by Crippen LogP contribution is -2.49. The second-order valence-corrected chi connectivity index (χ2v) is 11.7.